The molecule has 2 aromatic rings. The molecule has 0 amide bonds. The van der Waals surface area contributed by atoms with Crippen LogP contribution in [-0.4, -0.2) is 75.0 Å². The summed E-state index contributed by atoms with van der Waals surface area (Å²) in [5, 5.41) is 44.1. The Balaban J connectivity index is 0.00000220. The van der Waals surface area contributed by atoms with E-state index < -0.39 is 82.6 Å². The van der Waals surface area contributed by atoms with Crippen LogP contribution in [0.1, 0.15) is 75.8 Å². The average Bonchev–Trinajstić information content (AvgIpc) is 2.87. The molecule has 0 saturated carbocycles. The third-order valence-electron chi connectivity index (χ3n) is 7.80. The number of fused-ring (bicyclic) bond motifs is 3. The second-order valence-electron chi connectivity index (χ2n) is 10.1. The first-order valence-electron chi connectivity index (χ1n) is 12.2. The lowest BCUT2D eigenvalue weighted by atomic mass is 9.72. The van der Waals surface area contributed by atoms with E-state index in [-0.39, 0.29) is 65.7 Å². The zero-order valence-corrected chi connectivity index (χ0v) is 23.5. The molecule has 1 heterocycles. The van der Waals surface area contributed by atoms with E-state index in [1.54, 1.807) is 6.92 Å². The van der Waals surface area contributed by atoms with Gasteiger partial charge < -0.3 is 40.4 Å². The van der Waals surface area contributed by atoms with Gasteiger partial charge in [0, 0.05) is 42.0 Å². The van der Waals surface area contributed by atoms with Gasteiger partial charge in [0.2, 0.25) is 5.78 Å². The number of phenolic OH excluding ortho intramolecular Hbond substituents is 2. The lowest BCUT2D eigenvalue weighted by Crippen LogP contribution is -2.52. The van der Waals surface area contributed by atoms with Crippen LogP contribution in [0.2, 0.25) is 0 Å². The summed E-state index contributed by atoms with van der Waals surface area (Å²) in [7, 11) is 1.34. The van der Waals surface area contributed by atoms with Crippen LogP contribution in [0.5, 0.6) is 17.2 Å². The number of aliphatic hydroxyl groups is 2. The number of ether oxygens (including phenoxy) is 3. The zero-order valence-electron chi connectivity index (χ0n) is 21.9. The van der Waals surface area contributed by atoms with E-state index in [4.69, 9.17) is 19.9 Å². The number of aromatic hydroxyl groups is 2. The van der Waals surface area contributed by atoms with Crippen LogP contribution in [-0.2, 0) is 20.7 Å². The summed E-state index contributed by atoms with van der Waals surface area (Å²) in [6.45, 7) is 2.79. The van der Waals surface area contributed by atoms with Gasteiger partial charge in [-0.1, -0.05) is 12.1 Å². The SMILES string of the molecule is COc1cccc2c1C(=O)c1c(O)c3c(c(O)c1C2=O)C[C@@](O)(C(C)=O)C[C@@H]3OC1CC(N)C(O)C(C)O1.Cl.Cl. The molecule has 218 valence electrons. The molecule has 6 N–H and O–H groups in total. The summed E-state index contributed by atoms with van der Waals surface area (Å²) in [6.07, 6.45) is -4.53. The number of benzene rings is 2. The third-order valence-corrected chi connectivity index (χ3v) is 7.80. The number of hydrogen-bond donors (Lipinski definition) is 5. The Bertz CT molecular complexity index is 1370. The number of ketones is 3. The first-order chi connectivity index (χ1) is 17.9. The predicted octanol–water partition coefficient (Wildman–Crippen LogP) is 1.87. The van der Waals surface area contributed by atoms with Crippen molar-refractivity contribution in [3.8, 4) is 17.2 Å². The second kappa shape index (κ2) is 11.2. The van der Waals surface area contributed by atoms with Gasteiger partial charge >= 0.3 is 0 Å². The maximum Gasteiger partial charge on any atom is 0.202 e. The molecular formula is C27H31Cl2NO10. The summed E-state index contributed by atoms with van der Waals surface area (Å²) >= 11 is 0. The fourth-order valence-corrected chi connectivity index (χ4v) is 5.66. The maximum absolute atomic E-state index is 13.6. The third kappa shape index (κ3) is 4.75. The van der Waals surface area contributed by atoms with Crippen molar-refractivity contribution < 1.29 is 49.0 Å². The molecule has 3 aliphatic rings. The molecule has 0 aromatic heterocycles. The number of halogens is 2. The van der Waals surface area contributed by atoms with Gasteiger partial charge in [-0.2, -0.15) is 0 Å². The van der Waals surface area contributed by atoms with Crippen molar-refractivity contribution in [3.63, 3.8) is 0 Å². The highest BCUT2D eigenvalue weighted by atomic mass is 35.5. The molecule has 1 aliphatic heterocycles. The van der Waals surface area contributed by atoms with Crippen molar-refractivity contribution in [2.75, 3.05) is 7.11 Å². The molecule has 11 nitrogen and oxygen atoms in total. The van der Waals surface area contributed by atoms with E-state index in [1.807, 2.05) is 0 Å². The van der Waals surface area contributed by atoms with Crippen molar-refractivity contribution in [1.29, 1.82) is 0 Å². The molecule has 6 atom stereocenters. The smallest absolute Gasteiger partial charge is 0.202 e. The molecule has 2 aliphatic carbocycles. The molecule has 1 fully saturated rings. The van der Waals surface area contributed by atoms with Crippen LogP contribution in [0.25, 0.3) is 0 Å². The first-order valence-corrected chi connectivity index (χ1v) is 12.2. The van der Waals surface area contributed by atoms with E-state index in [1.165, 1.54) is 32.2 Å². The van der Waals surface area contributed by atoms with Gasteiger partial charge in [0.15, 0.2) is 17.9 Å². The number of rotatable bonds is 4. The maximum atomic E-state index is 13.6. The number of aliphatic hydroxyl groups excluding tert-OH is 1. The number of carbonyl (C=O) groups excluding carboxylic acids is 3. The lowest BCUT2D eigenvalue weighted by molar-refractivity contribution is -0.247. The number of phenols is 2. The monoisotopic (exact) mass is 599 g/mol. The molecule has 1 saturated heterocycles. The molecular weight excluding hydrogens is 569 g/mol. The quantitative estimate of drug-likeness (QED) is 0.275. The van der Waals surface area contributed by atoms with Crippen molar-refractivity contribution >= 4 is 42.2 Å². The van der Waals surface area contributed by atoms with Gasteiger partial charge in [-0.15, -0.1) is 24.8 Å². The Morgan fingerprint density at radius 2 is 1.75 bits per heavy atom. The number of hydrogen-bond acceptors (Lipinski definition) is 11. The molecule has 0 spiro atoms. The highest BCUT2D eigenvalue weighted by molar-refractivity contribution is 6.31. The topological polar surface area (TPSA) is 186 Å². The molecule has 13 heteroatoms. The number of methoxy groups -OCH3 is 1. The zero-order chi connectivity index (χ0) is 27.7. The summed E-state index contributed by atoms with van der Waals surface area (Å²) in [5.74, 6) is -3.18. The van der Waals surface area contributed by atoms with Crippen LogP contribution < -0.4 is 10.5 Å². The van der Waals surface area contributed by atoms with Crippen molar-refractivity contribution in [1.82, 2.24) is 0 Å². The Morgan fingerprint density at radius 3 is 2.35 bits per heavy atom. The molecule has 2 aromatic carbocycles. The summed E-state index contributed by atoms with van der Waals surface area (Å²) in [4.78, 5) is 39.6. The fourth-order valence-electron chi connectivity index (χ4n) is 5.66. The molecule has 0 radical (unpaired) electrons. The molecule has 4 unspecified atom stereocenters. The van der Waals surface area contributed by atoms with Crippen LogP contribution in [0.15, 0.2) is 18.2 Å². The second-order valence-corrected chi connectivity index (χ2v) is 10.1. The van der Waals surface area contributed by atoms with E-state index in [9.17, 15) is 34.8 Å². The van der Waals surface area contributed by atoms with Gasteiger partial charge in [0.25, 0.3) is 0 Å². The van der Waals surface area contributed by atoms with E-state index in [0.717, 1.165) is 0 Å². The fraction of sp³-hybridized carbons (Fsp3) is 0.444. The minimum absolute atomic E-state index is 0. The minimum Gasteiger partial charge on any atom is -0.507 e. The van der Waals surface area contributed by atoms with Gasteiger partial charge in [0.1, 0.15) is 22.8 Å². The molecule has 0 bridgehead atoms. The summed E-state index contributed by atoms with van der Waals surface area (Å²) in [5.41, 5.74) is 2.97. The minimum atomic E-state index is -2.00. The highest BCUT2D eigenvalue weighted by Gasteiger charge is 2.49. The van der Waals surface area contributed by atoms with Crippen LogP contribution in [0.4, 0.5) is 0 Å². The standard InChI is InChI=1S/C27H29NO10.2ClH/c1-10-22(30)14(28)7-17(37-10)38-16-9-27(35,11(2)29)8-13-19(16)26(34)21-20(24(13)32)23(31)12-5-4-6-15(36-3)18(12)25(21)33;;/h4-6,10,14,16-17,22,30,32,34-35H,7-9,28H2,1-3H3;2*1H/t10?,14?,16-,17?,22?,27-;;/m0../s1. The van der Waals surface area contributed by atoms with Crippen LogP contribution in [0, 0.1) is 0 Å². The van der Waals surface area contributed by atoms with Crippen molar-refractivity contribution in [2.24, 2.45) is 5.73 Å². The average molecular weight is 600 g/mol. The van der Waals surface area contributed by atoms with E-state index in [2.05, 4.69) is 0 Å². The highest BCUT2D eigenvalue weighted by Crippen LogP contribution is 2.52. The Labute approximate surface area is 242 Å². The van der Waals surface area contributed by atoms with Gasteiger partial charge in [-0.05, 0) is 19.9 Å². The van der Waals surface area contributed by atoms with Gasteiger partial charge in [-0.3, -0.25) is 14.4 Å². The number of carbonyl (C=O) groups is 3. The Hall–Kier alpha value is -2.77. The van der Waals surface area contributed by atoms with E-state index in [0.29, 0.717) is 0 Å². The predicted molar refractivity (Wildman–Crippen MR) is 145 cm³/mol. The number of Topliss-reactive ketones (excluding diaryl/α,β-unsaturated/α-hetero) is 1. The van der Waals surface area contributed by atoms with Crippen LogP contribution in [0.3, 0.4) is 0 Å². The van der Waals surface area contributed by atoms with Crippen molar-refractivity contribution in [3.05, 3.63) is 51.6 Å². The Kier molecular flexibility index (Phi) is 8.93. The first kappa shape index (κ1) is 31.8. The van der Waals surface area contributed by atoms with Gasteiger partial charge in [0.05, 0.1) is 42.1 Å². The molecule has 40 heavy (non-hydrogen) atoms. The van der Waals surface area contributed by atoms with Gasteiger partial charge in [-0.25, -0.2) is 0 Å². The number of nitrogens with two attached hydrogens (primary N) is 1. The normalized spacial score (nSPS) is 28.8. The lowest BCUT2D eigenvalue weighted by Gasteiger charge is -2.42. The Morgan fingerprint density at radius 1 is 1.10 bits per heavy atom. The molecule has 5 rings (SSSR count). The summed E-state index contributed by atoms with van der Waals surface area (Å²) in [6, 6.07) is 3.75. The van der Waals surface area contributed by atoms with Crippen LogP contribution >= 0.6 is 24.8 Å². The summed E-state index contributed by atoms with van der Waals surface area (Å²) < 4.78 is 17.1. The van der Waals surface area contributed by atoms with E-state index >= 15 is 0 Å². The van der Waals surface area contributed by atoms with Crippen molar-refractivity contribution in [2.45, 2.75) is 69.4 Å². The largest absolute Gasteiger partial charge is 0.507 e.